The fourth-order valence-electron chi connectivity index (χ4n) is 2.76. The highest BCUT2D eigenvalue weighted by Crippen LogP contribution is 2.29. The highest BCUT2D eigenvalue weighted by Gasteiger charge is 2.23. The number of hydrogen-bond donors (Lipinski definition) is 1. The summed E-state index contributed by atoms with van der Waals surface area (Å²) in [5, 5.41) is 9.49. The topological polar surface area (TPSA) is 54.8 Å². The van der Waals surface area contributed by atoms with E-state index >= 15 is 0 Å². The number of nitrogens with zero attached hydrogens (tertiary/aromatic N) is 2. The van der Waals surface area contributed by atoms with E-state index in [0.29, 0.717) is 6.61 Å². The number of aromatic nitrogens is 1. The normalized spacial score (nSPS) is 18.3. The van der Waals surface area contributed by atoms with E-state index in [4.69, 9.17) is 9.47 Å². The lowest BCUT2D eigenvalue weighted by atomic mass is 10.1. The molecule has 1 aliphatic heterocycles. The van der Waals surface area contributed by atoms with Crippen molar-refractivity contribution in [3.05, 3.63) is 53.9 Å². The number of morpholine rings is 1. The standard InChI is InChI=1S/C17H20N2O3/c1-21-15-4-2-3-13(9-15)17-11-19(7-8-22-17)16-5-6-18-10-14(16)12-20/h2-6,9-10,17,20H,7-8,11-12H2,1H3. The van der Waals surface area contributed by atoms with E-state index in [9.17, 15) is 5.11 Å². The van der Waals surface area contributed by atoms with Gasteiger partial charge in [-0.15, -0.1) is 0 Å². The molecule has 1 fully saturated rings. The number of rotatable bonds is 4. The molecule has 1 aromatic heterocycles. The van der Waals surface area contributed by atoms with Crippen molar-refractivity contribution in [1.82, 2.24) is 4.98 Å². The molecule has 1 atom stereocenters. The smallest absolute Gasteiger partial charge is 0.119 e. The minimum absolute atomic E-state index is 0.00957. The molecular weight excluding hydrogens is 280 g/mol. The fraction of sp³-hybridized carbons (Fsp3) is 0.353. The van der Waals surface area contributed by atoms with Crippen LogP contribution >= 0.6 is 0 Å². The SMILES string of the molecule is COc1cccc(C2CN(c3ccncc3CO)CCO2)c1. The lowest BCUT2D eigenvalue weighted by Gasteiger charge is -2.35. The number of methoxy groups -OCH3 is 1. The third-order valence-electron chi connectivity index (χ3n) is 3.92. The van der Waals surface area contributed by atoms with Crippen molar-refractivity contribution >= 4 is 5.69 Å². The molecule has 1 aromatic carbocycles. The van der Waals surface area contributed by atoms with Crippen molar-refractivity contribution in [1.29, 1.82) is 0 Å². The summed E-state index contributed by atoms with van der Waals surface area (Å²) in [4.78, 5) is 6.31. The van der Waals surface area contributed by atoms with Gasteiger partial charge in [0.25, 0.3) is 0 Å². The average Bonchev–Trinajstić information content (AvgIpc) is 2.62. The Morgan fingerprint density at radius 2 is 2.32 bits per heavy atom. The molecule has 0 saturated carbocycles. The molecule has 0 amide bonds. The minimum atomic E-state index is -0.0106. The van der Waals surface area contributed by atoms with Crippen LogP contribution in [0.5, 0.6) is 5.75 Å². The molecule has 22 heavy (non-hydrogen) atoms. The third-order valence-corrected chi connectivity index (χ3v) is 3.92. The van der Waals surface area contributed by atoms with Crippen LogP contribution in [0.1, 0.15) is 17.2 Å². The summed E-state index contributed by atoms with van der Waals surface area (Å²) in [6.45, 7) is 2.18. The van der Waals surface area contributed by atoms with Gasteiger partial charge in [0.1, 0.15) is 11.9 Å². The van der Waals surface area contributed by atoms with Gasteiger partial charge in [0.15, 0.2) is 0 Å². The summed E-state index contributed by atoms with van der Waals surface area (Å²) in [5.74, 6) is 0.832. The number of anilines is 1. The van der Waals surface area contributed by atoms with Crippen molar-refractivity contribution in [2.75, 3.05) is 31.7 Å². The van der Waals surface area contributed by atoms with Crippen LogP contribution in [0, 0.1) is 0 Å². The summed E-state index contributed by atoms with van der Waals surface area (Å²) in [6, 6.07) is 9.91. The molecular formula is C17H20N2O3. The average molecular weight is 300 g/mol. The van der Waals surface area contributed by atoms with Crippen LogP contribution in [0.15, 0.2) is 42.7 Å². The molecule has 3 rings (SSSR count). The molecule has 1 saturated heterocycles. The zero-order chi connectivity index (χ0) is 15.4. The molecule has 5 heteroatoms. The molecule has 1 aliphatic rings. The molecule has 0 radical (unpaired) electrons. The second-order valence-electron chi connectivity index (χ2n) is 5.24. The van der Waals surface area contributed by atoms with Crippen molar-refractivity contribution < 1.29 is 14.6 Å². The van der Waals surface area contributed by atoms with Crippen LogP contribution in [0.3, 0.4) is 0 Å². The van der Waals surface area contributed by atoms with Crippen molar-refractivity contribution in [3.8, 4) is 5.75 Å². The quantitative estimate of drug-likeness (QED) is 0.938. The van der Waals surface area contributed by atoms with Gasteiger partial charge in [-0.2, -0.15) is 0 Å². The zero-order valence-corrected chi connectivity index (χ0v) is 12.6. The van der Waals surface area contributed by atoms with Crippen LogP contribution in [-0.4, -0.2) is 36.9 Å². The maximum atomic E-state index is 9.49. The van der Waals surface area contributed by atoms with Crippen LogP contribution < -0.4 is 9.64 Å². The van der Waals surface area contributed by atoms with E-state index in [1.807, 2.05) is 24.3 Å². The largest absolute Gasteiger partial charge is 0.497 e. The molecule has 1 unspecified atom stereocenters. The fourth-order valence-corrected chi connectivity index (χ4v) is 2.76. The minimum Gasteiger partial charge on any atom is -0.497 e. The third kappa shape index (κ3) is 3.05. The molecule has 2 heterocycles. The summed E-state index contributed by atoms with van der Waals surface area (Å²) >= 11 is 0. The van der Waals surface area contributed by atoms with E-state index < -0.39 is 0 Å². The van der Waals surface area contributed by atoms with Crippen molar-refractivity contribution in [2.45, 2.75) is 12.7 Å². The first-order valence-electron chi connectivity index (χ1n) is 7.36. The first-order chi connectivity index (χ1) is 10.8. The lowest BCUT2D eigenvalue weighted by Crippen LogP contribution is -2.38. The number of benzene rings is 1. The number of aliphatic hydroxyl groups excluding tert-OH is 1. The van der Waals surface area contributed by atoms with Gasteiger partial charge in [0.05, 0.1) is 20.3 Å². The van der Waals surface area contributed by atoms with Gasteiger partial charge in [-0.3, -0.25) is 4.98 Å². The molecule has 5 nitrogen and oxygen atoms in total. The highest BCUT2D eigenvalue weighted by molar-refractivity contribution is 5.52. The lowest BCUT2D eigenvalue weighted by molar-refractivity contribution is 0.0395. The Kier molecular flexibility index (Phi) is 4.56. The Morgan fingerprint density at radius 1 is 1.41 bits per heavy atom. The van der Waals surface area contributed by atoms with E-state index in [2.05, 4.69) is 16.0 Å². The Morgan fingerprint density at radius 3 is 3.14 bits per heavy atom. The van der Waals surface area contributed by atoms with E-state index in [1.165, 1.54) is 0 Å². The van der Waals surface area contributed by atoms with Gasteiger partial charge < -0.3 is 19.5 Å². The molecule has 2 aromatic rings. The number of hydrogen-bond acceptors (Lipinski definition) is 5. The summed E-state index contributed by atoms with van der Waals surface area (Å²) in [5.41, 5.74) is 2.96. The number of pyridine rings is 1. The molecule has 0 aliphatic carbocycles. The predicted molar refractivity (Wildman–Crippen MR) is 84.1 cm³/mol. The van der Waals surface area contributed by atoms with E-state index in [-0.39, 0.29) is 12.7 Å². The van der Waals surface area contributed by atoms with Crippen LogP contribution in [0.4, 0.5) is 5.69 Å². The van der Waals surface area contributed by atoms with Gasteiger partial charge >= 0.3 is 0 Å². The summed E-state index contributed by atoms with van der Waals surface area (Å²) < 4.78 is 11.2. The van der Waals surface area contributed by atoms with Crippen LogP contribution in [-0.2, 0) is 11.3 Å². The Hall–Kier alpha value is -2.11. The Balaban J connectivity index is 1.82. The van der Waals surface area contributed by atoms with Gasteiger partial charge in [0.2, 0.25) is 0 Å². The Bertz CT molecular complexity index is 633. The molecule has 0 spiro atoms. The van der Waals surface area contributed by atoms with Crippen molar-refractivity contribution in [3.63, 3.8) is 0 Å². The molecule has 116 valence electrons. The van der Waals surface area contributed by atoms with E-state index in [0.717, 1.165) is 35.7 Å². The number of ether oxygens (including phenoxy) is 2. The maximum absolute atomic E-state index is 9.49. The second kappa shape index (κ2) is 6.77. The van der Waals surface area contributed by atoms with E-state index in [1.54, 1.807) is 19.5 Å². The second-order valence-corrected chi connectivity index (χ2v) is 5.24. The van der Waals surface area contributed by atoms with Gasteiger partial charge in [-0.1, -0.05) is 12.1 Å². The summed E-state index contributed by atoms with van der Waals surface area (Å²) in [7, 11) is 1.66. The monoisotopic (exact) mass is 300 g/mol. The number of aliphatic hydroxyl groups is 1. The first-order valence-corrected chi connectivity index (χ1v) is 7.36. The highest BCUT2D eigenvalue weighted by atomic mass is 16.5. The van der Waals surface area contributed by atoms with Gasteiger partial charge in [-0.25, -0.2) is 0 Å². The zero-order valence-electron chi connectivity index (χ0n) is 12.6. The maximum Gasteiger partial charge on any atom is 0.119 e. The summed E-state index contributed by atoms with van der Waals surface area (Å²) in [6.07, 6.45) is 3.46. The Labute approximate surface area is 130 Å². The first kappa shape index (κ1) is 14.8. The van der Waals surface area contributed by atoms with Gasteiger partial charge in [-0.05, 0) is 23.8 Å². The van der Waals surface area contributed by atoms with Crippen molar-refractivity contribution in [2.24, 2.45) is 0 Å². The molecule has 0 bridgehead atoms. The van der Waals surface area contributed by atoms with Crippen LogP contribution in [0.25, 0.3) is 0 Å². The van der Waals surface area contributed by atoms with Crippen LogP contribution in [0.2, 0.25) is 0 Å². The molecule has 1 N–H and O–H groups in total. The van der Waals surface area contributed by atoms with Gasteiger partial charge in [0, 0.05) is 36.7 Å². The predicted octanol–water partition coefficient (Wildman–Crippen LogP) is 2.16.